The molecule has 0 N–H and O–H groups in total. The lowest BCUT2D eigenvalue weighted by Gasteiger charge is -2.18. The molecular formula is C22H27N7OSi. The predicted molar refractivity (Wildman–Crippen MR) is 119 cm³/mol. The van der Waals surface area contributed by atoms with Crippen molar-refractivity contribution in [2.24, 2.45) is 5.41 Å². The van der Waals surface area contributed by atoms with E-state index in [1.165, 1.54) is 0 Å². The fraction of sp³-hybridized carbons (Fsp3) is 0.500. The molecule has 0 aliphatic heterocycles. The number of rotatable bonds is 9. The second kappa shape index (κ2) is 8.25. The third-order valence-electron chi connectivity index (χ3n) is 5.84. The van der Waals surface area contributed by atoms with Crippen molar-refractivity contribution >= 4 is 19.1 Å². The van der Waals surface area contributed by atoms with E-state index in [0.717, 1.165) is 42.1 Å². The summed E-state index contributed by atoms with van der Waals surface area (Å²) in [7, 11) is -1.12. The van der Waals surface area contributed by atoms with Gasteiger partial charge in [-0.2, -0.15) is 15.6 Å². The van der Waals surface area contributed by atoms with E-state index in [-0.39, 0.29) is 12.5 Å². The lowest BCUT2D eigenvalue weighted by atomic mass is 9.96. The Bertz CT molecular complexity index is 1160. The molecule has 1 unspecified atom stereocenters. The molecule has 1 saturated carbocycles. The standard InChI is InChI=1S/C22H27N7OSi/c1-31(2,3)11-10-30-16-28-9-5-17-12-25-20(27-21(17)28)18-13-26-29(14-18)19(4-8-23)22(15-24)6-7-22/h5,9,12-14,19H,4,6-7,10-11,16H2,1-3H3. The lowest BCUT2D eigenvalue weighted by molar-refractivity contribution is 0.0899. The molecule has 0 amide bonds. The number of hydrogen-bond donors (Lipinski definition) is 0. The van der Waals surface area contributed by atoms with Crippen molar-refractivity contribution in [3.63, 3.8) is 0 Å². The molecule has 0 saturated heterocycles. The number of ether oxygens (including phenoxy) is 1. The van der Waals surface area contributed by atoms with Crippen molar-refractivity contribution in [3.05, 3.63) is 30.9 Å². The van der Waals surface area contributed by atoms with Crippen molar-refractivity contribution in [3.8, 4) is 23.5 Å². The molecule has 3 aromatic heterocycles. The Morgan fingerprint density at radius 3 is 2.74 bits per heavy atom. The van der Waals surface area contributed by atoms with Crippen molar-refractivity contribution in [1.82, 2.24) is 24.3 Å². The summed E-state index contributed by atoms with van der Waals surface area (Å²) >= 11 is 0. The Morgan fingerprint density at radius 1 is 1.26 bits per heavy atom. The van der Waals surface area contributed by atoms with Gasteiger partial charge in [-0.1, -0.05) is 19.6 Å². The number of aromatic nitrogens is 5. The molecule has 0 spiro atoms. The monoisotopic (exact) mass is 433 g/mol. The highest BCUT2D eigenvalue weighted by Gasteiger charge is 2.51. The topological polar surface area (TPSA) is 105 Å². The Kier molecular flexibility index (Phi) is 5.65. The van der Waals surface area contributed by atoms with Crippen LogP contribution in [0.15, 0.2) is 30.9 Å². The average molecular weight is 434 g/mol. The van der Waals surface area contributed by atoms with Crippen LogP contribution in [0.1, 0.15) is 25.3 Å². The summed E-state index contributed by atoms with van der Waals surface area (Å²) in [5, 5.41) is 24.2. The minimum Gasteiger partial charge on any atom is -0.361 e. The summed E-state index contributed by atoms with van der Waals surface area (Å²) in [5.74, 6) is 0.568. The number of fused-ring (bicyclic) bond motifs is 1. The zero-order valence-corrected chi connectivity index (χ0v) is 19.2. The minimum atomic E-state index is -1.12. The van der Waals surface area contributed by atoms with E-state index in [0.29, 0.717) is 12.6 Å². The molecule has 0 aromatic carbocycles. The maximum absolute atomic E-state index is 9.56. The first-order valence-electron chi connectivity index (χ1n) is 10.6. The van der Waals surface area contributed by atoms with Gasteiger partial charge >= 0.3 is 0 Å². The van der Waals surface area contributed by atoms with Crippen LogP contribution >= 0.6 is 0 Å². The van der Waals surface area contributed by atoms with Crippen LogP contribution in [0.5, 0.6) is 0 Å². The maximum Gasteiger partial charge on any atom is 0.164 e. The zero-order chi connectivity index (χ0) is 22.1. The molecule has 0 radical (unpaired) electrons. The molecule has 1 aliphatic carbocycles. The molecule has 4 rings (SSSR count). The first kappa shape index (κ1) is 21.2. The van der Waals surface area contributed by atoms with Gasteiger partial charge in [0.15, 0.2) is 5.82 Å². The largest absolute Gasteiger partial charge is 0.361 e. The minimum absolute atomic E-state index is 0.247. The molecule has 1 aliphatic rings. The van der Waals surface area contributed by atoms with Gasteiger partial charge in [0.05, 0.1) is 41.8 Å². The molecule has 3 aromatic rings. The molecule has 0 bridgehead atoms. The fourth-order valence-corrected chi connectivity index (χ4v) is 4.42. The van der Waals surface area contributed by atoms with E-state index in [1.54, 1.807) is 17.1 Å². The summed E-state index contributed by atoms with van der Waals surface area (Å²) < 4.78 is 9.61. The van der Waals surface area contributed by atoms with Crippen molar-refractivity contribution < 1.29 is 4.74 Å². The van der Waals surface area contributed by atoms with E-state index in [1.807, 2.05) is 23.0 Å². The first-order valence-corrected chi connectivity index (χ1v) is 14.3. The number of hydrogen-bond acceptors (Lipinski definition) is 6. The van der Waals surface area contributed by atoms with Gasteiger partial charge in [0.2, 0.25) is 0 Å². The quantitative estimate of drug-likeness (QED) is 0.366. The van der Waals surface area contributed by atoms with Gasteiger partial charge in [0.25, 0.3) is 0 Å². The average Bonchev–Trinajstić information content (AvgIpc) is 3.19. The Labute approximate surface area is 183 Å². The van der Waals surface area contributed by atoms with Crippen molar-refractivity contribution in [2.45, 2.75) is 57.7 Å². The van der Waals surface area contributed by atoms with E-state index in [4.69, 9.17) is 9.72 Å². The van der Waals surface area contributed by atoms with Crippen LogP contribution in [0.4, 0.5) is 0 Å². The highest BCUT2D eigenvalue weighted by Crippen LogP contribution is 2.54. The zero-order valence-electron chi connectivity index (χ0n) is 18.2. The third kappa shape index (κ3) is 4.53. The fourth-order valence-electron chi connectivity index (χ4n) is 3.66. The highest BCUT2D eigenvalue weighted by atomic mass is 28.3. The van der Waals surface area contributed by atoms with Gasteiger partial charge in [-0.15, -0.1) is 0 Å². The Morgan fingerprint density at radius 2 is 2.06 bits per heavy atom. The van der Waals surface area contributed by atoms with Gasteiger partial charge < -0.3 is 9.30 Å². The summed E-state index contributed by atoms with van der Waals surface area (Å²) in [5.41, 5.74) is 1.10. The van der Waals surface area contributed by atoms with Crippen molar-refractivity contribution in [2.75, 3.05) is 6.61 Å². The summed E-state index contributed by atoms with van der Waals surface area (Å²) in [6, 6.07) is 7.45. The van der Waals surface area contributed by atoms with Gasteiger partial charge in [0, 0.05) is 38.7 Å². The second-order valence-corrected chi connectivity index (χ2v) is 15.1. The molecule has 1 fully saturated rings. The lowest BCUT2D eigenvalue weighted by Crippen LogP contribution is -2.22. The maximum atomic E-state index is 9.56. The Balaban J connectivity index is 1.54. The molecule has 3 heterocycles. The normalized spacial score (nSPS) is 16.0. The van der Waals surface area contributed by atoms with Crippen LogP contribution < -0.4 is 0 Å². The molecule has 8 nitrogen and oxygen atoms in total. The van der Waals surface area contributed by atoms with E-state index >= 15 is 0 Å². The van der Waals surface area contributed by atoms with E-state index in [9.17, 15) is 10.5 Å². The Hall–Kier alpha value is -3.01. The number of nitrogens with zero attached hydrogens (tertiary/aromatic N) is 7. The second-order valence-electron chi connectivity index (χ2n) is 9.46. The van der Waals surface area contributed by atoms with Crippen LogP contribution in [0.3, 0.4) is 0 Å². The summed E-state index contributed by atoms with van der Waals surface area (Å²) in [4.78, 5) is 9.24. The third-order valence-corrected chi connectivity index (χ3v) is 7.55. The van der Waals surface area contributed by atoms with Crippen LogP contribution in [0.2, 0.25) is 25.7 Å². The van der Waals surface area contributed by atoms with Gasteiger partial charge in [-0.3, -0.25) is 4.68 Å². The molecule has 9 heteroatoms. The van der Waals surface area contributed by atoms with E-state index in [2.05, 4.69) is 41.9 Å². The van der Waals surface area contributed by atoms with Crippen LogP contribution in [-0.2, 0) is 11.5 Å². The molecular weight excluding hydrogens is 406 g/mol. The molecule has 31 heavy (non-hydrogen) atoms. The SMILES string of the molecule is C[Si](C)(C)CCOCn1ccc2cnc(-c3cnn(C(CC#N)C4(C#N)CC4)c3)nc21. The number of nitriles is 2. The molecule has 1 atom stereocenters. The van der Waals surface area contributed by atoms with Gasteiger partial charge in [-0.25, -0.2) is 9.97 Å². The van der Waals surface area contributed by atoms with Gasteiger partial charge in [-0.05, 0) is 25.0 Å². The predicted octanol–water partition coefficient (Wildman–Crippen LogP) is 4.37. The summed E-state index contributed by atoms with van der Waals surface area (Å²) in [6.07, 6.45) is 9.18. The van der Waals surface area contributed by atoms with Crippen LogP contribution in [0.25, 0.3) is 22.4 Å². The van der Waals surface area contributed by atoms with Gasteiger partial charge in [0.1, 0.15) is 12.4 Å². The molecule has 160 valence electrons. The van der Waals surface area contributed by atoms with Crippen LogP contribution in [-0.4, -0.2) is 39.0 Å². The van der Waals surface area contributed by atoms with Crippen molar-refractivity contribution in [1.29, 1.82) is 10.5 Å². The highest BCUT2D eigenvalue weighted by molar-refractivity contribution is 6.76. The first-order chi connectivity index (χ1) is 14.8. The van der Waals surface area contributed by atoms with Crippen LogP contribution in [0, 0.1) is 28.1 Å². The van der Waals surface area contributed by atoms with E-state index < -0.39 is 13.5 Å². The summed E-state index contributed by atoms with van der Waals surface area (Å²) in [6.45, 7) is 8.22. The smallest absolute Gasteiger partial charge is 0.164 e.